The van der Waals surface area contributed by atoms with Crippen molar-refractivity contribution in [3.8, 4) is 0 Å². The van der Waals surface area contributed by atoms with Gasteiger partial charge in [0.2, 0.25) is 0 Å². The molecule has 16 heavy (non-hydrogen) atoms. The van der Waals surface area contributed by atoms with Crippen molar-refractivity contribution < 1.29 is 9.18 Å². The maximum absolute atomic E-state index is 12.7. The maximum atomic E-state index is 12.7. The molecule has 0 saturated heterocycles. The Balaban J connectivity index is 2.26. The Hall–Kier alpha value is -1.97. The lowest BCUT2D eigenvalue weighted by molar-refractivity contribution is 0.112. The molecule has 2 aromatic rings. The topological polar surface area (TPSA) is 45.8 Å². The molecule has 1 aromatic carbocycles. The fourth-order valence-electron chi connectivity index (χ4n) is 1.57. The van der Waals surface area contributed by atoms with E-state index in [2.05, 4.69) is 10.2 Å². The largest absolute Gasteiger partial charge is 0.298 e. The van der Waals surface area contributed by atoms with Crippen LogP contribution in [0.5, 0.6) is 0 Å². The summed E-state index contributed by atoms with van der Waals surface area (Å²) >= 11 is 0. The zero-order valence-electron chi connectivity index (χ0n) is 8.83. The Morgan fingerprint density at radius 3 is 2.69 bits per heavy atom. The molecule has 0 atom stereocenters. The van der Waals surface area contributed by atoms with Gasteiger partial charge in [-0.25, -0.2) is 4.39 Å². The van der Waals surface area contributed by atoms with Crippen LogP contribution in [0, 0.1) is 12.7 Å². The second-order valence-electron chi connectivity index (χ2n) is 3.63. The summed E-state index contributed by atoms with van der Waals surface area (Å²) in [5, 5.41) is 6.82. The van der Waals surface area contributed by atoms with E-state index in [-0.39, 0.29) is 5.82 Å². The smallest absolute Gasteiger partial charge is 0.153 e. The highest BCUT2D eigenvalue weighted by molar-refractivity contribution is 5.78. The second-order valence-corrected chi connectivity index (χ2v) is 3.63. The molecule has 0 unspecified atom stereocenters. The van der Waals surface area contributed by atoms with Crippen molar-refractivity contribution >= 4 is 6.29 Å². The molecule has 4 heteroatoms. The molecule has 0 bridgehead atoms. The molecular formula is C12H11FN2O. The first kappa shape index (κ1) is 10.5. The summed E-state index contributed by atoms with van der Waals surface area (Å²) in [6, 6.07) is 6.17. The molecule has 1 N–H and O–H groups in total. The van der Waals surface area contributed by atoms with Gasteiger partial charge in [-0.3, -0.25) is 9.89 Å². The molecule has 1 heterocycles. The van der Waals surface area contributed by atoms with E-state index in [4.69, 9.17) is 0 Å². The Morgan fingerprint density at radius 1 is 1.38 bits per heavy atom. The maximum Gasteiger partial charge on any atom is 0.153 e. The van der Waals surface area contributed by atoms with Crippen molar-refractivity contribution in [1.29, 1.82) is 0 Å². The lowest BCUT2D eigenvalue weighted by Crippen LogP contribution is -1.93. The lowest BCUT2D eigenvalue weighted by Gasteiger charge is -1.99. The molecular weight excluding hydrogens is 207 g/mol. The van der Waals surface area contributed by atoms with Gasteiger partial charge in [0, 0.05) is 12.1 Å². The minimum absolute atomic E-state index is 0.266. The summed E-state index contributed by atoms with van der Waals surface area (Å²) < 4.78 is 12.7. The molecule has 2 rings (SSSR count). The minimum Gasteiger partial charge on any atom is -0.298 e. The molecule has 3 nitrogen and oxygen atoms in total. The molecule has 0 fully saturated rings. The van der Waals surface area contributed by atoms with Gasteiger partial charge in [0.1, 0.15) is 5.82 Å². The monoisotopic (exact) mass is 218 g/mol. The first-order valence-corrected chi connectivity index (χ1v) is 4.94. The fraction of sp³-hybridized carbons (Fsp3) is 0.167. The standard InChI is InChI=1S/C12H11FN2O/c1-8-11(7-16)12(15-14-8)6-9-2-4-10(13)5-3-9/h2-5,7H,6H2,1H3,(H,14,15). The SMILES string of the molecule is Cc1[nH]nc(Cc2ccc(F)cc2)c1C=O. The van der Waals surface area contributed by atoms with Gasteiger partial charge in [-0.05, 0) is 24.6 Å². The summed E-state index contributed by atoms with van der Waals surface area (Å²) in [7, 11) is 0. The molecule has 1 aromatic heterocycles. The number of aldehydes is 1. The van der Waals surface area contributed by atoms with Crippen molar-refractivity contribution in [1.82, 2.24) is 10.2 Å². The van der Waals surface area contributed by atoms with Gasteiger partial charge in [0.05, 0.1) is 11.3 Å². The Morgan fingerprint density at radius 2 is 2.06 bits per heavy atom. The van der Waals surface area contributed by atoms with E-state index < -0.39 is 0 Å². The summed E-state index contributed by atoms with van der Waals surface area (Å²) in [6.45, 7) is 1.80. The van der Waals surface area contributed by atoms with E-state index in [1.54, 1.807) is 19.1 Å². The Kier molecular flexibility index (Phi) is 2.81. The van der Waals surface area contributed by atoms with Crippen molar-refractivity contribution in [2.45, 2.75) is 13.3 Å². The number of H-pyrrole nitrogens is 1. The van der Waals surface area contributed by atoms with Crippen LogP contribution in [0.4, 0.5) is 4.39 Å². The second kappa shape index (κ2) is 4.26. The van der Waals surface area contributed by atoms with Crippen molar-refractivity contribution in [2.24, 2.45) is 0 Å². The number of nitrogens with one attached hydrogen (secondary N) is 1. The van der Waals surface area contributed by atoms with E-state index in [9.17, 15) is 9.18 Å². The molecule has 0 aliphatic carbocycles. The number of nitrogens with zero attached hydrogens (tertiary/aromatic N) is 1. The predicted molar refractivity (Wildman–Crippen MR) is 57.9 cm³/mol. The number of carbonyl (C=O) groups excluding carboxylic acids is 1. The van der Waals surface area contributed by atoms with Crippen LogP contribution in [-0.4, -0.2) is 16.5 Å². The van der Waals surface area contributed by atoms with Crippen molar-refractivity contribution in [3.63, 3.8) is 0 Å². The number of benzene rings is 1. The Bertz CT molecular complexity index is 502. The molecule has 82 valence electrons. The van der Waals surface area contributed by atoms with Crippen LogP contribution >= 0.6 is 0 Å². The summed E-state index contributed by atoms with van der Waals surface area (Å²) in [5.74, 6) is -0.266. The van der Waals surface area contributed by atoms with Crippen LogP contribution in [0.1, 0.15) is 27.3 Å². The van der Waals surface area contributed by atoms with Crippen LogP contribution in [0.3, 0.4) is 0 Å². The molecule has 0 spiro atoms. The average molecular weight is 218 g/mol. The first-order valence-electron chi connectivity index (χ1n) is 4.94. The number of rotatable bonds is 3. The quantitative estimate of drug-likeness (QED) is 0.803. The third-order valence-corrected chi connectivity index (χ3v) is 2.48. The number of carbonyl (C=O) groups is 1. The predicted octanol–water partition coefficient (Wildman–Crippen LogP) is 2.26. The van der Waals surface area contributed by atoms with Crippen LogP contribution in [-0.2, 0) is 6.42 Å². The van der Waals surface area contributed by atoms with Gasteiger partial charge in [-0.2, -0.15) is 5.10 Å². The Labute approximate surface area is 92.3 Å². The number of aromatic nitrogens is 2. The summed E-state index contributed by atoms with van der Waals surface area (Å²) in [5.41, 5.74) is 2.96. The van der Waals surface area contributed by atoms with Crippen LogP contribution < -0.4 is 0 Å². The fourth-order valence-corrected chi connectivity index (χ4v) is 1.57. The van der Waals surface area contributed by atoms with Crippen molar-refractivity contribution in [3.05, 3.63) is 52.6 Å². The highest BCUT2D eigenvalue weighted by Gasteiger charge is 2.09. The van der Waals surface area contributed by atoms with Gasteiger partial charge in [0.15, 0.2) is 6.29 Å². The highest BCUT2D eigenvalue weighted by Crippen LogP contribution is 2.13. The van der Waals surface area contributed by atoms with Crippen LogP contribution in [0.15, 0.2) is 24.3 Å². The molecule has 0 aliphatic heterocycles. The minimum atomic E-state index is -0.266. The van der Waals surface area contributed by atoms with Crippen LogP contribution in [0.25, 0.3) is 0 Å². The van der Waals surface area contributed by atoms with Crippen molar-refractivity contribution in [2.75, 3.05) is 0 Å². The number of hydrogen-bond acceptors (Lipinski definition) is 2. The molecule has 0 saturated carbocycles. The normalized spacial score (nSPS) is 10.4. The highest BCUT2D eigenvalue weighted by atomic mass is 19.1. The molecule has 0 radical (unpaired) electrons. The van der Waals surface area contributed by atoms with Gasteiger partial charge in [-0.1, -0.05) is 12.1 Å². The lowest BCUT2D eigenvalue weighted by atomic mass is 10.1. The van der Waals surface area contributed by atoms with E-state index in [1.807, 2.05) is 0 Å². The first-order chi connectivity index (χ1) is 7.70. The summed E-state index contributed by atoms with van der Waals surface area (Å²) in [6.07, 6.45) is 1.32. The average Bonchev–Trinajstić information content (AvgIpc) is 2.63. The number of hydrogen-bond donors (Lipinski definition) is 1. The molecule has 0 amide bonds. The van der Waals surface area contributed by atoms with Gasteiger partial charge >= 0.3 is 0 Å². The van der Waals surface area contributed by atoms with E-state index in [0.717, 1.165) is 17.5 Å². The van der Waals surface area contributed by atoms with E-state index in [0.29, 0.717) is 17.7 Å². The van der Waals surface area contributed by atoms with Gasteiger partial charge in [-0.15, -0.1) is 0 Å². The van der Waals surface area contributed by atoms with E-state index in [1.165, 1.54) is 12.1 Å². The number of aromatic amines is 1. The zero-order chi connectivity index (χ0) is 11.5. The third kappa shape index (κ3) is 2.00. The van der Waals surface area contributed by atoms with Crippen LogP contribution in [0.2, 0.25) is 0 Å². The van der Waals surface area contributed by atoms with Gasteiger partial charge < -0.3 is 0 Å². The van der Waals surface area contributed by atoms with Gasteiger partial charge in [0.25, 0.3) is 0 Å². The zero-order valence-corrected chi connectivity index (χ0v) is 8.83. The number of aryl methyl sites for hydroxylation is 1. The number of halogens is 1. The van der Waals surface area contributed by atoms with E-state index >= 15 is 0 Å². The third-order valence-electron chi connectivity index (χ3n) is 2.48. The summed E-state index contributed by atoms with van der Waals surface area (Å²) in [4.78, 5) is 10.8. The molecule has 0 aliphatic rings.